The average molecular weight is 288 g/mol. The molecule has 4 nitrogen and oxygen atoms in total. The highest BCUT2D eigenvalue weighted by molar-refractivity contribution is 7.12. The van der Waals surface area contributed by atoms with Crippen LogP contribution in [0.15, 0.2) is 35.8 Å². The van der Waals surface area contributed by atoms with E-state index < -0.39 is 0 Å². The first-order valence-corrected chi connectivity index (χ1v) is 7.60. The number of aliphatic hydroxyl groups excluding tert-OH is 1. The molecule has 1 aliphatic rings. The molecule has 1 fully saturated rings. The molecule has 1 amide bonds. The molecule has 0 bridgehead atoms. The monoisotopic (exact) mass is 288 g/mol. The summed E-state index contributed by atoms with van der Waals surface area (Å²) < 4.78 is 0. The Kier molecular flexibility index (Phi) is 3.80. The van der Waals surface area contributed by atoms with E-state index in [1.54, 1.807) is 5.51 Å². The smallest absolute Gasteiger partial charge is 0.266 e. The molecule has 1 aromatic heterocycles. The Balaban J connectivity index is 1.85. The normalized spacial score (nSPS) is 16.4. The number of aliphatic hydroxyl groups is 1. The van der Waals surface area contributed by atoms with Crippen molar-refractivity contribution < 1.29 is 9.90 Å². The summed E-state index contributed by atoms with van der Waals surface area (Å²) in [6.45, 7) is 1.23. The molecule has 2 aromatic rings. The molecule has 104 valence electrons. The van der Waals surface area contributed by atoms with Gasteiger partial charge < -0.3 is 10.0 Å². The van der Waals surface area contributed by atoms with E-state index in [0.717, 1.165) is 11.3 Å². The number of hydrogen-bond acceptors (Lipinski definition) is 4. The minimum Gasteiger partial charge on any atom is -0.393 e. The molecular weight excluding hydrogens is 272 g/mol. The maximum Gasteiger partial charge on any atom is 0.266 e. The van der Waals surface area contributed by atoms with Crippen LogP contribution in [0.5, 0.6) is 0 Å². The lowest BCUT2D eigenvalue weighted by atomic mass is 10.1. The first-order chi connectivity index (χ1) is 9.75. The molecule has 20 heavy (non-hydrogen) atoms. The quantitative estimate of drug-likeness (QED) is 0.923. The van der Waals surface area contributed by atoms with Crippen molar-refractivity contribution in [1.29, 1.82) is 0 Å². The molecule has 0 radical (unpaired) electrons. The number of rotatable bonds is 2. The highest BCUT2D eigenvalue weighted by Crippen LogP contribution is 2.27. The zero-order chi connectivity index (χ0) is 13.9. The van der Waals surface area contributed by atoms with Crippen molar-refractivity contribution in [2.75, 3.05) is 13.1 Å². The number of piperidine rings is 1. The first kappa shape index (κ1) is 13.3. The fourth-order valence-corrected chi connectivity index (χ4v) is 3.19. The topological polar surface area (TPSA) is 53.4 Å². The van der Waals surface area contributed by atoms with Crippen molar-refractivity contribution in [1.82, 2.24) is 9.88 Å². The summed E-state index contributed by atoms with van der Waals surface area (Å²) in [6, 6.07) is 9.77. The Morgan fingerprint density at radius 1 is 1.25 bits per heavy atom. The molecule has 0 spiro atoms. The summed E-state index contributed by atoms with van der Waals surface area (Å²) in [7, 11) is 0. The Labute approximate surface area is 121 Å². The number of benzene rings is 1. The minimum absolute atomic E-state index is 0.0262. The Morgan fingerprint density at radius 2 is 1.95 bits per heavy atom. The van der Waals surface area contributed by atoms with E-state index in [-0.39, 0.29) is 12.0 Å². The van der Waals surface area contributed by atoms with E-state index >= 15 is 0 Å². The molecule has 1 aromatic carbocycles. The molecule has 0 saturated carbocycles. The molecule has 1 saturated heterocycles. The molecule has 0 unspecified atom stereocenters. The Hall–Kier alpha value is -1.72. The van der Waals surface area contributed by atoms with Crippen LogP contribution in [-0.2, 0) is 0 Å². The highest BCUT2D eigenvalue weighted by Gasteiger charge is 2.25. The van der Waals surface area contributed by atoms with Gasteiger partial charge in [-0.25, -0.2) is 4.98 Å². The molecular formula is C15H16N2O2S. The number of carbonyl (C=O) groups is 1. The van der Waals surface area contributed by atoms with Gasteiger partial charge in [-0.3, -0.25) is 4.79 Å². The fourth-order valence-electron chi connectivity index (χ4n) is 2.41. The number of amides is 1. The molecule has 1 N–H and O–H groups in total. The van der Waals surface area contributed by atoms with Gasteiger partial charge in [0.25, 0.3) is 5.91 Å². The van der Waals surface area contributed by atoms with Gasteiger partial charge >= 0.3 is 0 Å². The number of carbonyl (C=O) groups excluding carboxylic acids is 1. The third kappa shape index (κ3) is 2.59. The zero-order valence-corrected chi connectivity index (χ0v) is 11.8. The molecule has 0 aliphatic carbocycles. The summed E-state index contributed by atoms with van der Waals surface area (Å²) in [5.41, 5.74) is 3.44. The highest BCUT2D eigenvalue weighted by atomic mass is 32.1. The van der Waals surface area contributed by atoms with Crippen molar-refractivity contribution >= 4 is 17.2 Å². The van der Waals surface area contributed by atoms with Crippen LogP contribution >= 0.6 is 11.3 Å². The van der Waals surface area contributed by atoms with Crippen LogP contribution in [0, 0.1) is 0 Å². The minimum atomic E-state index is -0.269. The van der Waals surface area contributed by atoms with Crippen LogP contribution in [-0.4, -0.2) is 40.1 Å². The van der Waals surface area contributed by atoms with Gasteiger partial charge in [0.15, 0.2) is 0 Å². The number of hydrogen-bond donors (Lipinski definition) is 1. The lowest BCUT2D eigenvalue weighted by Gasteiger charge is -2.29. The van der Waals surface area contributed by atoms with Gasteiger partial charge in [0.05, 0.1) is 17.3 Å². The van der Waals surface area contributed by atoms with Gasteiger partial charge in [-0.15, -0.1) is 11.3 Å². The van der Waals surface area contributed by atoms with E-state index in [2.05, 4.69) is 4.98 Å². The van der Waals surface area contributed by atoms with Crippen molar-refractivity contribution in [3.8, 4) is 11.3 Å². The second kappa shape index (κ2) is 5.73. The molecule has 2 heterocycles. The Morgan fingerprint density at radius 3 is 2.65 bits per heavy atom. The van der Waals surface area contributed by atoms with E-state index in [1.807, 2.05) is 35.2 Å². The third-order valence-corrected chi connectivity index (χ3v) is 4.38. The van der Waals surface area contributed by atoms with E-state index in [9.17, 15) is 9.90 Å². The van der Waals surface area contributed by atoms with Gasteiger partial charge in [0.1, 0.15) is 4.88 Å². The maximum absolute atomic E-state index is 12.6. The summed E-state index contributed by atoms with van der Waals surface area (Å²) in [5, 5.41) is 9.52. The van der Waals surface area contributed by atoms with Crippen molar-refractivity contribution in [2.24, 2.45) is 0 Å². The average Bonchev–Trinajstić information content (AvgIpc) is 2.97. The molecule has 0 atom stereocenters. The SMILES string of the molecule is O=C(c1scnc1-c1ccccc1)N1CCC(O)CC1. The van der Waals surface area contributed by atoms with Gasteiger partial charge in [-0.05, 0) is 12.8 Å². The van der Waals surface area contributed by atoms with E-state index in [0.29, 0.717) is 30.8 Å². The molecule has 5 heteroatoms. The van der Waals surface area contributed by atoms with Crippen LogP contribution in [0.1, 0.15) is 22.5 Å². The van der Waals surface area contributed by atoms with E-state index in [4.69, 9.17) is 0 Å². The summed E-state index contributed by atoms with van der Waals surface area (Å²) >= 11 is 1.38. The predicted octanol–water partition coefficient (Wildman–Crippen LogP) is 2.41. The van der Waals surface area contributed by atoms with Crippen LogP contribution < -0.4 is 0 Å². The van der Waals surface area contributed by atoms with Crippen molar-refractivity contribution in [3.05, 3.63) is 40.7 Å². The van der Waals surface area contributed by atoms with Gasteiger partial charge in [-0.1, -0.05) is 30.3 Å². The summed E-state index contributed by atoms with van der Waals surface area (Å²) in [4.78, 5) is 19.4. The number of nitrogens with zero attached hydrogens (tertiary/aromatic N) is 2. The lowest BCUT2D eigenvalue weighted by Crippen LogP contribution is -2.39. The standard InChI is InChI=1S/C15H16N2O2S/c18-12-6-8-17(9-7-12)15(19)14-13(16-10-20-14)11-4-2-1-3-5-11/h1-5,10,12,18H,6-9H2. The van der Waals surface area contributed by atoms with Crippen LogP contribution in [0.25, 0.3) is 11.3 Å². The van der Waals surface area contributed by atoms with Crippen LogP contribution in [0.2, 0.25) is 0 Å². The Bertz CT molecular complexity index is 589. The van der Waals surface area contributed by atoms with Gasteiger partial charge in [-0.2, -0.15) is 0 Å². The molecule has 1 aliphatic heterocycles. The predicted molar refractivity (Wildman–Crippen MR) is 78.7 cm³/mol. The van der Waals surface area contributed by atoms with Crippen LogP contribution in [0.3, 0.4) is 0 Å². The maximum atomic E-state index is 12.6. The number of aromatic nitrogens is 1. The van der Waals surface area contributed by atoms with Gasteiger partial charge in [0, 0.05) is 18.7 Å². The largest absolute Gasteiger partial charge is 0.393 e. The first-order valence-electron chi connectivity index (χ1n) is 6.72. The van der Waals surface area contributed by atoms with Crippen molar-refractivity contribution in [2.45, 2.75) is 18.9 Å². The third-order valence-electron chi connectivity index (χ3n) is 3.56. The fraction of sp³-hybridized carbons (Fsp3) is 0.333. The molecule has 3 rings (SSSR count). The zero-order valence-electron chi connectivity index (χ0n) is 11.0. The van der Waals surface area contributed by atoms with Gasteiger partial charge in [0.2, 0.25) is 0 Å². The van der Waals surface area contributed by atoms with Crippen molar-refractivity contribution in [3.63, 3.8) is 0 Å². The summed E-state index contributed by atoms with van der Waals surface area (Å²) in [5.74, 6) is 0.0262. The second-order valence-electron chi connectivity index (χ2n) is 4.92. The van der Waals surface area contributed by atoms with Crippen LogP contribution in [0.4, 0.5) is 0 Å². The number of likely N-dealkylation sites (tertiary alicyclic amines) is 1. The summed E-state index contributed by atoms with van der Waals surface area (Å²) in [6.07, 6.45) is 1.05. The number of thiazole rings is 1. The van der Waals surface area contributed by atoms with E-state index in [1.165, 1.54) is 11.3 Å². The second-order valence-corrected chi connectivity index (χ2v) is 5.77. The lowest BCUT2D eigenvalue weighted by molar-refractivity contribution is 0.0551.